The fraction of sp³-hybridized carbons (Fsp3) is 0.600. The van der Waals surface area contributed by atoms with E-state index in [0.29, 0.717) is 23.6 Å². The highest BCUT2D eigenvalue weighted by Gasteiger charge is 2.81. The molecule has 5 atom stereocenters. The number of nitrogens with one attached hydrogen (secondary N) is 1. The predicted octanol–water partition coefficient (Wildman–Crippen LogP) is 5.05. The van der Waals surface area contributed by atoms with Crippen LogP contribution in [0, 0.1) is 62.1 Å². The van der Waals surface area contributed by atoms with Gasteiger partial charge in [0.15, 0.2) is 5.41 Å². The Morgan fingerprint density at radius 2 is 2.07 bits per heavy atom. The Balaban J connectivity index is 1.92. The third kappa shape index (κ3) is 2.22. The van der Waals surface area contributed by atoms with Crippen LogP contribution in [-0.2, 0) is 9.47 Å². The zero-order chi connectivity index (χ0) is 20.2. The Bertz CT molecular complexity index is 943. The summed E-state index contributed by atoms with van der Waals surface area (Å²) < 4.78 is 13.2. The molecule has 0 radical (unpaired) electrons. The summed E-state index contributed by atoms with van der Waals surface area (Å²) in [6.45, 7) is 2.12. The minimum Gasteiger partial charge on any atom is -0.447 e. The van der Waals surface area contributed by atoms with Gasteiger partial charge in [0.05, 0.1) is 24.1 Å². The monoisotopic (exact) mass is 458 g/mol. The third-order valence-corrected chi connectivity index (χ3v) is 8.30. The Morgan fingerprint density at radius 1 is 1.32 bits per heavy atom. The Hall–Kier alpha value is -1.92. The van der Waals surface area contributed by atoms with Gasteiger partial charge in [-0.3, -0.25) is 5.41 Å². The van der Waals surface area contributed by atoms with Crippen LogP contribution in [0.5, 0.6) is 0 Å². The van der Waals surface area contributed by atoms with Crippen molar-refractivity contribution in [2.45, 2.75) is 50.9 Å². The summed E-state index contributed by atoms with van der Waals surface area (Å²) in [7, 11) is 0. The fourth-order valence-electron chi connectivity index (χ4n) is 5.31. The average Bonchev–Trinajstić information content (AvgIpc) is 3.20. The first kappa shape index (κ1) is 19.4. The molecule has 1 N–H and O–H groups in total. The van der Waals surface area contributed by atoms with E-state index >= 15 is 0 Å². The van der Waals surface area contributed by atoms with Crippen molar-refractivity contribution in [3.8, 4) is 18.2 Å². The topological polar surface area (TPSA) is 114 Å². The molecule has 0 spiro atoms. The van der Waals surface area contributed by atoms with Crippen LogP contribution >= 0.6 is 27.3 Å². The molecule has 3 fully saturated rings. The second-order valence-electron chi connectivity index (χ2n) is 7.84. The van der Waals surface area contributed by atoms with E-state index in [-0.39, 0.29) is 5.90 Å². The molecule has 1 aliphatic carbocycles. The molecule has 8 heteroatoms. The molecule has 144 valence electrons. The maximum atomic E-state index is 10.3. The molecule has 3 heterocycles. The quantitative estimate of drug-likeness (QED) is 0.680. The zero-order valence-electron chi connectivity index (χ0n) is 15.4. The van der Waals surface area contributed by atoms with E-state index in [1.54, 1.807) is 0 Å². The van der Waals surface area contributed by atoms with E-state index < -0.39 is 28.6 Å². The molecular formula is C20H19BrN4O2S. The van der Waals surface area contributed by atoms with Crippen LogP contribution in [0.1, 0.15) is 50.0 Å². The second-order valence-corrected chi connectivity index (χ2v) is 9.70. The summed E-state index contributed by atoms with van der Waals surface area (Å²) in [6, 6.07) is 8.27. The van der Waals surface area contributed by atoms with Crippen molar-refractivity contribution in [2.24, 2.45) is 22.7 Å². The van der Waals surface area contributed by atoms with Gasteiger partial charge in [-0.1, -0.05) is 19.8 Å². The van der Waals surface area contributed by atoms with E-state index in [2.05, 4.69) is 41.1 Å². The molecule has 1 aromatic rings. The van der Waals surface area contributed by atoms with E-state index in [0.717, 1.165) is 23.7 Å². The van der Waals surface area contributed by atoms with Crippen LogP contribution in [0.4, 0.5) is 0 Å². The lowest BCUT2D eigenvalue weighted by atomic mass is 9.51. The molecule has 2 saturated heterocycles. The lowest BCUT2D eigenvalue weighted by Gasteiger charge is -2.52. The number of thiophene rings is 1. The highest BCUT2D eigenvalue weighted by Crippen LogP contribution is 2.70. The van der Waals surface area contributed by atoms with Crippen molar-refractivity contribution in [1.82, 2.24) is 0 Å². The van der Waals surface area contributed by atoms with Crippen molar-refractivity contribution >= 4 is 33.2 Å². The summed E-state index contributed by atoms with van der Waals surface area (Å²) in [6.07, 6.45) is 3.15. The molecule has 5 unspecified atom stereocenters. The summed E-state index contributed by atoms with van der Waals surface area (Å²) in [5.41, 5.74) is -3.48. The highest BCUT2D eigenvalue weighted by atomic mass is 79.9. The normalized spacial score (nSPS) is 37.8. The number of nitriles is 3. The van der Waals surface area contributed by atoms with Crippen LogP contribution in [0.2, 0.25) is 0 Å². The standard InChI is InChI=1S/C20H19BrN4O2S/c1-2-3-12-4-5-20-15(6-12)19(11-24,17(25)27-20)18(9-22,10-23)16(26-20)14-7-13(21)8-28-14/h7-8,12,15-16,25H,2-6H2,1H3. The largest absolute Gasteiger partial charge is 0.447 e. The first-order valence-corrected chi connectivity index (χ1v) is 11.0. The minimum atomic E-state index is -1.85. The van der Waals surface area contributed by atoms with Gasteiger partial charge in [-0.25, -0.2) is 0 Å². The lowest BCUT2D eigenvalue weighted by molar-refractivity contribution is -0.298. The molecular weight excluding hydrogens is 440 g/mol. The zero-order valence-corrected chi connectivity index (χ0v) is 17.8. The van der Waals surface area contributed by atoms with Crippen molar-refractivity contribution in [3.63, 3.8) is 0 Å². The molecule has 3 aliphatic rings. The van der Waals surface area contributed by atoms with Gasteiger partial charge in [0, 0.05) is 21.2 Å². The SMILES string of the molecule is CCCC1CCC23OC(=N)C(C#N)(C2C1)C(C#N)(C#N)C(c1cc(Br)cs1)O3. The molecule has 4 rings (SSSR count). The van der Waals surface area contributed by atoms with E-state index in [4.69, 9.17) is 14.9 Å². The summed E-state index contributed by atoms with van der Waals surface area (Å²) >= 11 is 4.78. The summed E-state index contributed by atoms with van der Waals surface area (Å²) in [4.78, 5) is 0.682. The summed E-state index contributed by atoms with van der Waals surface area (Å²) in [5, 5.41) is 41.2. The number of halogens is 1. The average molecular weight is 459 g/mol. The minimum absolute atomic E-state index is 0.293. The maximum Gasteiger partial charge on any atom is 0.217 e. The van der Waals surface area contributed by atoms with E-state index in [9.17, 15) is 15.8 Å². The molecule has 1 saturated carbocycles. The maximum absolute atomic E-state index is 10.3. The van der Waals surface area contributed by atoms with Crippen molar-refractivity contribution < 1.29 is 9.47 Å². The summed E-state index contributed by atoms with van der Waals surface area (Å²) in [5.74, 6) is -1.54. The number of ether oxygens (including phenoxy) is 2. The van der Waals surface area contributed by atoms with Gasteiger partial charge >= 0.3 is 0 Å². The van der Waals surface area contributed by atoms with Crippen LogP contribution in [0.3, 0.4) is 0 Å². The van der Waals surface area contributed by atoms with Gasteiger partial charge in [-0.2, -0.15) is 15.8 Å². The van der Waals surface area contributed by atoms with Gasteiger partial charge < -0.3 is 9.47 Å². The highest BCUT2D eigenvalue weighted by molar-refractivity contribution is 9.10. The van der Waals surface area contributed by atoms with Crippen LogP contribution in [0.25, 0.3) is 0 Å². The van der Waals surface area contributed by atoms with E-state index in [1.165, 1.54) is 11.3 Å². The van der Waals surface area contributed by atoms with Crippen molar-refractivity contribution in [2.75, 3.05) is 0 Å². The molecule has 2 bridgehead atoms. The van der Waals surface area contributed by atoms with Gasteiger partial charge in [0.25, 0.3) is 0 Å². The second kappa shape index (κ2) is 6.56. The number of rotatable bonds is 3. The van der Waals surface area contributed by atoms with Crippen molar-refractivity contribution in [1.29, 1.82) is 21.2 Å². The molecule has 2 aliphatic heterocycles. The van der Waals surface area contributed by atoms with Crippen molar-refractivity contribution in [3.05, 3.63) is 20.8 Å². The van der Waals surface area contributed by atoms with Gasteiger partial charge in [-0.15, -0.1) is 11.3 Å². The van der Waals surface area contributed by atoms with Crippen LogP contribution in [-0.4, -0.2) is 11.7 Å². The fourth-order valence-corrected chi connectivity index (χ4v) is 6.85. The third-order valence-electron chi connectivity index (χ3n) is 6.56. The predicted molar refractivity (Wildman–Crippen MR) is 105 cm³/mol. The lowest BCUT2D eigenvalue weighted by Crippen LogP contribution is -2.61. The van der Waals surface area contributed by atoms with Gasteiger partial charge in [0.2, 0.25) is 17.1 Å². The Labute approximate surface area is 176 Å². The molecule has 0 amide bonds. The number of nitrogens with zero attached hydrogens (tertiary/aromatic N) is 3. The number of hydrogen-bond donors (Lipinski definition) is 1. The molecule has 28 heavy (non-hydrogen) atoms. The first-order chi connectivity index (χ1) is 13.4. The van der Waals surface area contributed by atoms with Gasteiger partial charge in [0.1, 0.15) is 6.10 Å². The number of hydrogen-bond acceptors (Lipinski definition) is 7. The van der Waals surface area contributed by atoms with Gasteiger partial charge in [-0.05, 0) is 40.8 Å². The Kier molecular flexibility index (Phi) is 4.55. The first-order valence-electron chi connectivity index (χ1n) is 9.36. The van der Waals surface area contributed by atoms with E-state index in [1.807, 2.05) is 11.4 Å². The molecule has 0 aromatic carbocycles. The van der Waals surface area contributed by atoms with Crippen LogP contribution < -0.4 is 0 Å². The molecule has 6 nitrogen and oxygen atoms in total. The van der Waals surface area contributed by atoms with Crippen LogP contribution in [0.15, 0.2) is 15.9 Å². The molecule has 1 aromatic heterocycles. The Morgan fingerprint density at radius 3 is 2.64 bits per heavy atom. The smallest absolute Gasteiger partial charge is 0.217 e.